The van der Waals surface area contributed by atoms with Crippen molar-refractivity contribution in [1.29, 1.82) is 0 Å². The quantitative estimate of drug-likeness (QED) is 0.455. The molecule has 1 aliphatic rings. The third-order valence-corrected chi connectivity index (χ3v) is 5.35. The van der Waals surface area contributed by atoms with Crippen molar-refractivity contribution >= 4 is 46.3 Å². The molecule has 2 aromatic carbocycles. The molecule has 1 saturated heterocycles. The van der Waals surface area contributed by atoms with Crippen LogP contribution in [0.4, 0.5) is 16.2 Å². The minimum absolute atomic E-state index is 0.195. The van der Waals surface area contributed by atoms with Crippen LogP contribution in [-0.2, 0) is 9.59 Å². The van der Waals surface area contributed by atoms with E-state index in [2.05, 4.69) is 12.2 Å². The van der Waals surface area contributed by atoms with Crippen molar-refractivity contribution in [2.75, 3.05) is 23.9 Å². The van der Waals surface area contributed by atoms with Gasteiger partial charge in [0.2, 0.25) is 5.91 Å². The van der Waals surface area contributed by atoms with Crippen LogP contribution in [0.5, 0.6) is 11.5 Å². The first kappa shape index (κ1) is 22.4. The van der Waals surface area contributed by atoms with Gasteiger partial charge in [0.05, 0.1) is 24.3 Å². The lowest BCUT2D eigenvalue weighted by molar-refractivity contribution is -0.114. The predicted molar refractivity (Wildman–Crippen MR) is 123 cm³/mol. The minimum atomic E-state index is -0.399. The van der Waals surface area contributed by atoms with Crippen LogP contribution in [0.1, 0.15) is 32.3 Å². The Hall–Kier alpha value is -3.26. The van der Waals surface area contributed by atoms with Gasteiger partial charge in [0.25, 0.3) is 11.1 Å². The summed E-state index contributed by atoms with van der Waals surface area (Å²) in [7, 11) is 1.56. The molecule has 0 saturated carbocycles. The molecule has 1 N–H and O–H groups in total. The zero-order valence-electron chi connectivity index (χ0n) is 17.6. The van der Waals surface area contributed by atoms with Crippen molar-refractivity contribution in [3.8, 4) is 11.5 Å². The topological polar surface area (TPSA) is 84.9 Å². The summed E-state index contributed by atoms with van der Waals surface area (Å²) < 4.78 is 11.1. The van der Waals surface area contributed by atoms with Gasteiger partial charge >= 0.3 is 0 Å². The number of anilines is 2. The van der Waals surface area contributed by atoms with Gasteiger partial charge in [-0.15, -0.1) is 0 Å². The highest BCUT2D eigenvalue weighted by Crippen LogP contribution is 2.37. The summed E-state index contributed by atoms with van der Waals surface area (Å²) in [4.78, 5) is 37.9. The van der Waals surface area contributed by atoms with E-state index >= 15 is 0 Å². The second kappa shape index (κ2) is 10.2. The maximum atomic E-state index is 12.9. The van der Waals surface area contributed by atoms with Gasteiger partial charge in [-0.25, -0.2) is 4.90 Å². The standard InChI is InChI=1S/C23H24N2O5S/c1-4-5-12-30-19-11-6-16(13-20(19)29-3)14-21-22(27)25(23(28)31-21)18-9-7-17(8-10-18)24-15(2)26/h6-11,13-14H,4-5,12H2,1-3H3,(H,24,26)/b21-14-. The fourth-order valence-electron chi connectivity index (χ4n) is 2.96. The van der Waals surface area contributed by atoms with Crippen molar-refractivity contribution in [2.45, 2.75) is 26.7 Å². The molecule has 0 aromatic heterocycles. The Morgan fingerprint density at radius 1 is 1.13 bits per heavy atom. The summed E-state index contributed by atoms with van der Waals surface area (Å²) in [6.07, 6.45) is 3.64. The Labute approximate surface area is 185 Å². The van der Waals surface area contributed by atoms with E-state index in [1.54, 1.807) is 49.6 Å². The summed E-state index contributed by atoms with van der Waals surface area (Å²) in [5.74, 6) is 0.613. The average molecular weight is 441 g/mol. The number of hydrogen-bond donors (Lipinski definition) is 1. The number of carbonyl (C=O) groups is 3. The van der Waals surface area contributed by atoms with Crippen LogP contribution >= 0.6 is 11.8 Å². The van der Waals surface area contributed by atoms with Gasteiger partial charge in [0.15, 0.2) is 11.5 Å². The number of nitrogens with one attached hydrogen (secondary N) is 1. The second-order valence-electron chi connectivity index (χ2n) is 6.86. The molecule has 0 aliphatic carbocycles. The number of rotatable bonds is 8. The van der Waals surface area contributed by atoms with E-state index in [1.807, 2.05) is 6.07 Å². The van der Waals surface area contributed by atoms with E-state index in [-0.39, 0.29) is 11.1 Å². The fourth-order valence-corrected chi connectivity index (χ4v) is 3.80. The molecule has 31 heavy (non-hydrogen) atoms. The van der Waals surface area contributed by atoms with Crippen LogP contribution < -0.4 is 19.7 Å². The van der Waals surface area contributed by atoms with E-state index in [0.717, 1.165) is 35.1 Å². The SMILES string of the molecule is CCCCOc1ccc(/C=C2\SC(=O)N(c3ccc(NC(C)=O)cc3)C2=O)cc1OC. The van der Waals surface area contributed by atoms with Gasteiger partial charge in [-0.1, -0.05) is 19.4 Å². The lowest BCUT2D eigenvalue weighted by Crippen LogP contribution is -2.27. The largest absolute Gasteiger partial charge is 0.493 e. The molecular formula is C23H24N2O5S. The maximum absolute atomic E-state index is 12.9. The second-order valence-corrected chi connectivity index (χ2v) is 7.85. The molecular weight excluding hydrogens is 416 g/mol. The number of ether oxygens (including phenoxy) is 2. The molecule has 0 bridgehead atoms. The lowest BCUT2D eigenvalue weighted by Gasteiger charge is -2.13. The number of hydrogen-bond acceptors (Lipinski definition) is 6. The van der Waals surface area contributed by atoms with Crippen LogP contribution in [0, 0.1) is 0 Å². The predicted octanol–water partition coefficient (Wildman–Crippen LogP) is 5.07. The van der Waals surface area contributed by atoms with Crippen molar-refractivity contribution < 1.29 is 23.9 Å². The highest BCUT2D eigenvalue weighted by Gasteiger charge is 2.36. The normalized spacial score (nSPS) is 14.8. The highest BCUT2D eigenvalue weighted by atomic mass is 32.2. The average Bonchev–Trinajstić information content (AvgIpc) is 3.02. The number of unbranched alkanes of at least 4 members (excludes halogenated alkanes) is 1. The van der Waals surface area contributed by atoms with Crippen LogP contribution in [-0.4, -0.2) is 30.8 Å². The number of thioether (sulfide) groups is 1. The Morgan fingerprint density at radius 2 is 1.87 bits per heavy atom. The molecule has 0 atom stereocenters. The van der Waals surface area contributed by atoms with Crippen LogP contribution in [0.3, 0.4) is 0 Å². The minimum Gasteiger partial charge on any atom is -0.493 e. The van der Waals surface area contributed by atoms with Gasteiger partial charge in [-0.2, -0.15) is 0 Å². The first-order chi connectivity index (χ1) is 14.9. The lowest BCUT2D eigenvalue weighted by atomic mass is 10.1. The summed E-state index contributed by atoms with van der Waals surface area (Å²) in [5, 5.41) is 2.27. The number of methoxy groups -OCH3 is 1. The Morgan fingerprint density at radius 3 is 2.52 bits per heavy atom. The Kier molecular flexibility index (Phi) is 7.36. The van der Waals surface area contributed by atoms with Crippen LogP contribution in [0.15, 0.2) is 47.4 Å². The first-order valence-corrected chi connectivity index (χ1v) is 10.7. The van der Waals surface area contributed by atoms with E-state index in [4.69, 9.17) is 9.47 Å². The Bertz CT molecular complexity index is 1020. The molecule has 3 rings (SSSR count). The monoisotopic (exact) mass is 440 g/mol. The highest BCUT2D eigenvalue weighted by molar-refractivity contribution is 8.19. The summed E-state index contributed by atoms with van der Waals surface area (Å²) >= 11 is 0.878. The molecule has 0 radical (unpaired) electrons. The summed E-state index contributed by atoms with van der Waals surface area (Å²) in [6, 6.07) is 11.9. The molecule has 7 nitrogen and oxygen atoms in total. The van der Waals surface area contributed by atoms with Crippen molar-refractivity contribution in [3.63, 3.8) is 0 Å². The van der Waals surface area contributed by atoms with Crippen molar-refractivity contribution in [3.05, 3.63) is 52.9 Å². The van der Waals surface area contributed by atoms with Crippen LogP contribution in [0.25, 0.3) is 6.08 Å². The smallest absolute Gasteiger partial charge is 0.298 e. The maximum Gasteiger partial charge on any atom is 0.298 e. The third kappa shape index (κ3) is 5.46. The van der Waals surface area contributed by atoms with E-state index in [1.165, 1.54) is 6.92 Å². The molecule has 1 aliphatic heterocycles. The first-order valence-electron chi connectivity index (χ1n) is 9.89. The van der Waals surface area contributed by atoms with Gasteiger partial charge in [0.1, 0.15) is 0 Å². The van der Waals surface area contributed by atoms with Gasteiger partial charge in [-0.3, -0.25) is 14.4 Å². The van der Waals surface area contributed by atoms with E-state index in [9.17, 15) is 14.4 Å². The molecule has 1 fully saturated rings. The summed E-state index contributed by atoms with van der Waals surface area (Å²) in [5.41, 5.74) is 1.76. The van der Waals surface area contributed by atoms with E-state index in [0.29, 0.717) is 34.4 Å². The third-order valence-electron chi connectivity index (χ3n) is 4.48. The van der Waals surface area contributed by atoms with Crippen molar-refractivity contribution in [2.24, 2.45) is 0 Å². The molecule has 0 spiro atoms. The van der Waals surface area contributed by atoms with E-state index < -0.39 is 5.91 Å². The number of benzene rings is 2. The van der Waals surface area contributed by atoms with Gasteiger partial charge in [0, 0.05) is 12.6 Å². The molecule has 8 heteroatoms. The number of imide groups is 1. The number of nitrogens with zero attached hydrogens (tertiary/aromatic N) is 1. The zero-order valence-corrected chi connectivity index (χ0v) is 18.5. The molecule has 0 unspecified atom stereocenters. The summed E-state index contributed by atoms with van der Waals surface area (Å²) in [6.45, 7) is 4.11. The molecule has 2 aromatic rings. The molecule has 1 heterocycles. The Balaban J connectivity index is 1.79. The van der Waals surface area contributed by atoms with Gasteiger partial charge in [-0.05, 0) is 66.2 Å². The van der Waals surface area contributed by atoms with Crippen LogP contribution in [0.2, 0.25) is 0 Å². The van der Waals surface area contributed by atoms with Gasteiger partial charge < -0.3 is 14.8 Å². The zero-order chi connectivity index (χ0) is 22.4. The molecule has 3 amide bonds. The fraction of sp³-hybridized carbons (Fsp3) is 0.261. The molecule has 162 valence electrons. The van der Waals surface area contributed by atoms with Crippen molar-refractivity contribution in [1.82, 2.24) is 0 Å². The number of carbonyl (C=O) groups excluding carboxylic acids is 3. The number of amides is 3.